The Bertz CT molecular complexity index is 339. The van der Waals surface area contributed by atoms with Crippen molar-refractivity contribution in [3.05, 3.63) is 29.6 Å². The third-order valence-electron chi connectivity index (χ3n) is 2.69. The van der Waals surface area contributed by atoms with Crippen LogP contribution in [-0.4, -0.2) is 22.9 Å². The summed E-state index contributed by atoms with van der Waals surface area (Å²) in [6.07, 6.45) is 7.81. The number of aryl methyl sites for hydroxylation is 2. The molecule has 0 amide bonds. The molecular weight excluding hydrogens is 210 g/mol. The molecule has 17 heavy (non-hydrogen) atoms. The van der Waals surface area contributed by atoms with Gasteiger partial charge in [0.1, 0.15) is 0 Å². The maximum atomic E-state index is 4.44. The lowest BCUT2D eigenvalue weighted by molar-refractivity contribution is 0.626. The van der Waals surface area contributed by atoms with Gasteiger partial charge in [-0.25, -0.2) is 0 Å². The molecule has 0 spiro atoms. The Kier molecular flexibility index (Phi) is 6.63. The van der Waals surface area contributed by atoms with Gasteiger partial charge in [-0.15, -0.1) is 0 Å². The lowest BCUT2D eigenvalue weighted by atomic mass is 10.2. The lowest BCUT2D eigenvalue weighted by Crippen LogP contribution is -2.15. The van der Waals surface area contributed by atoms with Crippen molar-refractivity contribution in [2.24, 2.45) is 0 Å². The van der Waals surface area contributed by atoms with Crippen molar-refractivity contribution in [1.29, 1.82) is 0 Å². The van der Waals surface area contributed by atoms with E-state index in [9.17, 15) is 0 Å². The number of nitrogens with zero attached hydrogens (tertiary/aromatic N) is 2. The van der Waals surface area contributed by atoms with Gasteiger partial charge >= 0.3 is 0 Å². The summed E-state index contributed by atoms with van der Waals surface area (Å²) in [4.78, 5) is 0. The van der Waals surface area contributed by atoms with Crippen LogP contribution in [-0.2, 0) is 13.0 Å². The molecular formula is C14H25N3. The summed E-state index contributed by atoms with van der Waals surface area (Å²) in [5, 5.41) is 7.83. The van der Waals surface area contributed by atoms with E-state index in [0.717, 1.165) is 38.2 Å². The highest BCUT2D eigenvalue weighted by Gasteiger charge is 2.00. The molecule has 96 valence electrons. The average Bonchev–Trinajstić information content (AvgIpc) is 2.68. The van der Waals surface area contributed by atoms with Gasteiger partial charge in [0, 0.05) is 18.7 Å². The van der Waals surface area contributed by atoms with Crippen LogP contribution in [0.15, 0.2) is 18.2 Å². The van der Waals surface area contributed by atoms with Crippen molar-refractivity contribution in [3.63, 3.8) is 0 Å². The fourth-order valence-electron chi connectivity index (χ4n) is 1.85. The maximum absolute atomic E-state index is 4.44. The molecule has 0 aliphatic carbocycles. The van der Waals surface area contributed by atoms with Crippen LogP contribution in [0.25, 0.3) is 0 Å². The van der Waals surface area contributed by atoms with E-state index >= 15 is 0 Å². The van der Waals surface area contributed by atoms with Crippen LogP contribution in [0.1, 0.15) is 38.1 Å². The van der Waals surface area contributed by atoms with Crippen LogP contribution < -0.4 is 5.32 Å². The fraction of sp³-hybridized carbons (Fsp3) is 0.643. The summed E-state index contributed by atoms with van der Waals surface area (Å²) in [5.41, 5.74) is 2.42. The predicted molar refractivity (Wildman–Crippen MR) is 73.3 cm³/mol. The Morgan fingerprint density at radius 1 is 1.29 bits per heavy atom. The molecule has 0 saturated carbocycles. The summed E-state index contributed by atoms with van der Waals surface area (Å²) in [5.74, 6) is 0. The Balaban J connectivity index is 2.27. The molecule has 1 N–H and O–H groups in total. The smallest absolute Gasteiger partial charge is 0.0596 e. The minimum atomic E-state index is 0.953. The second kappa shape index (κ2) is 8.07. The van der Waals surface area contributed by atoms with E-state index in [1.165, 1.54) is 12.1 Å². The highest BCUT2D eigenvalue weighted by molar-refractivity contribution is 5.12. The van der Waals surface area contributed by atoms with E-state index in [2.05, 4.69) is 47.2 Å². The first-order valence-electron chi connectivity index (χ1n) is 6.67. The van der Waals surface area contributed by atoms with Crippen LogP contribution in [0.2, 0.25) is 0 Å². The first kappa shape index (κ1) is 14.0. The number of allylic oxidation sites excluding steroid dienone is 1. The van der Waals surface area contributed by atoms with Crippen molar-refractivity contribution < 1.29 is 0 Å². The van der Waals surface area contributed by atoms with E-state index in [1.807, 2.05) is 6.92 Å². The zero-order chi connectivity index (χ0) is 12.5. The highest BCUT2D eigenvalue weighted by Crippen LogP contribution is 2.05. The second-order valence-corrected chi connectivity index (χ2v) is 4.31. The Hall–Kier alpha value is -1.09. The third kappa shape index (κ3) is 5.18. The number of hydrogen-bond acceptors (Lipinski definition) is 2. The van der Waals surface area contributed by atoms with E-state index in [-0.39, 0.29) is 0 Å². The first-order chi connectivity index (χ1) is 8.27. The molecule has 3 nitrogen and oxygen atoms in total. The van der Waals surface area contributed by atoms with Crippen molar-refractivity contribution >= 4 is 0 Å². The molecule has 0 saturated heterocycles. The van der Waals surface area contributed by atoms with Gasteiger partial charge < -0.3 is 5.32 Å². The van der Waals surface area contributed by atoms with Gasteiger partial charge in [0.25, 0.3) is 0 Å². The molecule has 0 aliphatic rings. The molecule has 0 aliphatic heterocycles. The topological polar surface area (TPSA) is 29.9 Å². The quantitative estimate of drug-likeness (QED) is 0.554. The normalized spacial score (nSPS) is 11.5. The minimum absolute atomic E-state index is 0.953. The van der Waals surface area contributed by atoms with E-state index in [0.29, 0.717) is 0 Å². The second-order valence-electron chi connectivity index (χ2n) is 4.31. The van der Waals surface area contributed by atoms with Gasteiger partial charge in [-0.2, -0.15) is 5.10 Å². The van der Waals surface area contributed by atoms with Crippen molar-refractivity contribution in [2.75, 3.05) is 13.1 Å². The minimum Gasteiger partial charge on any atom is -0.316 e. The van der Waals surface area contributed by atoms with Gasteiger partial charge in [0.2, 0.25) is 0 Å². The van der Waals surface area contributed by atoms with E-state index in [4.69, 9.17) is 0 Å². The zero-order valence-electron chi connectivity index (χ0n) is 11.4. The molecule has 0 fully saturated rings. The monoisotopic (exact) mass is 235 g/mol. The van der Waals surface area contributed by atoms with Gasteiger partial charge in [-0.3, -0.25) is 4.68 Å². The standard InChI is InChI=1S/C14H25N3/c1-4-10-15-11-8-6-7-9-14-12-13(3)16-17(14)5-2/h6-7,12,15H,4-5,8-11H2,1-3H3. The molecule has 1 heterocycles. The fourth-order valence-corrected chi connectivity index (χ4v) is 1.85. The molecule has 0 unspecified atom stereocenters. The van der Waals surface area contributed by atoms with Crippen molar-refractivity contribution in [3.8, 4) is 0 Å². The predicted octanol–water partition coefficient (Wildman–Crippen LogP) is 2.70. The molecule has 0 bridgehead atoms. The van der Waals surface area contributed by atoms with Crippen molar-refractivity contribution in [1.82, 2.24) is 15.1 Å². The first-order valence-corrected chi connectivity index (χ1v) is 6.67. The maximum Gasteiger partial charge on any atom is 0.0596 e. The molecule has 0 atom stereocenters. The summed E-state index contributed by atoms with van der Waals surface area (Å²) >= 11 is 0. The number of nitrogens with one attached hydrogen (secondary N) is 1. The Labute approximate surface area is 105 Å². The van der Waals surface area contributed by atoms with Gasteiger partial charge in [0.15, 0.2) is 0 Å². The average molecular weight is 235 g/mol. The van der Waals surface area contributed by atoms with Crippen LogP contribution in [0.3, 0.4) is 0 Å². The number of rotatable bonds is 8. The largest absolute Gasteiger partial charge is 0.316 e. The van der Waals surface area contributed by atoms with Crippen LogP contribution in [0.4, 0.5) is 0 Å². The van der Waals surface area contributed by atoms with Crippen molar-refractivity contribution in [2.45, 2.75) is 46.6 Å². The SMILES string of the molecule is CCCNCCC=CCc1cc(C)nn1CC. The molecule has 1 rings (SSSR count). The van der Waals surface area contributed by atoms with Crippen LogP contribution in [0, 0.1) is 6.92 Å². The number of aromatic nitrogens is 2. The summed E-state index contributed by atoms with van der Waals surface area (Å²) in [6, 6.07) is 2.17. The summed E-state index contributed by atoms with van der Waals surface area (Å²) in [7, 11) is 0. The third-order valence-corrected chi connectivity index (χ3v) is 2.69. The molecule has 3 heteroatoms. The van der Waals surface area contributed by atoms with E-state index < -0.39 is 0 Å². The molecule has 1 aromatic rings. The molecule has 0 radical (unpaired) electrons. The van der Waals surface area contributed by atoms with Crippen LogP contribution >= 0.6 is 0 Å². The van der Waals surface area contributed by atoms with Gasteiger partial charge in [-0.05, 0) is 45.8 Å². The van der Waals surface area contributed by atoms with Gasteiger partial charge in [0.05, 0.1) is 5.69 Å². The number of hydrogen-bond donors (Lipinski definition) is 1. The molecule has 0 aromatic carbocycles. The Morgan fingerprint density at radius 3 is 2.82 bits per heavy atom. The van der Waals surface area contributed by atoms with Gasteiger partial charge in [-0.1, -0.05) is 19.1 Å². The van der Waals surface area contributed by atoms with Crippen LogP contribution in [0.5, 0.6) is 0 Å². The Morgan fingerprint density at radius 2 is 2.12 bits per heavy atom. The zero-order valence-corrected chi connectivity index (χ0v) is 11.4. The molecule has 1 aromatic heterocycles. The van der Waals surface area contributed by atoms with E-state index in [1.54, 1.807) is 0 Å². The highest BCUT2D eigenvalue weighted by atomic mass is 15.3. The lowest BCUT2D eigenvalue weighted by Gasteiger charge is -2.01. The summed E-state index contributed by atoms with van der Waals surface area (Å²) < 4.78 is 2.08. The summed E-state index contributed by atoms with van der Waals surface area (Å²) in [6.45, 7) is 9.53.